The van der Waals surface area contributed by atoms with Gasteiger partial charge in [-0.2, -0.15) is 0 Å². The number of fused-ring (bicyclic) bond motifs is 17. The summed E-state index contributed by atoms with van der Waals surface area (Å²) in [6.07, 6.45) is 4.06. The van der Waals surface area contributed by atoms with Crippen LogP contribution < -0.4 is 0 Å². The number of benzene rings is 7. The van der Waals surface area contributed by atoms with Crippen LogP contribution >= 0.6 is 0 Å². The lowest BCUT2D eigenvalue weighted by atomic mass is 9.69. The van der Waals surface area contributed by atoms with Crippen LogP contribution in [0.25, 0.3) is 77.0 Å². The lowest BCUT2D eigenvalue weighted by Crippen LogP contribution is -2.26. The van der Waals surface area contributed by atoms with E-state index in [2.05, 4.69) is 169 Å². The molecule has 0 amide bonds. The molecule has 7 aromatic carbocycles. The van der Waals surface area contributed by atoms with Crippen molar-refractivity contribution in [2.75, 3.05) is 0 Å². The monoisotopic (exact) mass is 634 g/mol. The van der Waals surface area contributed by atoms with Gasteiger partial charge < -0.3 is 0 Å². The Morgan fingerprint density at radius 3 is 2.06 bits per heavy atom. The number of allylic oxidation sites excluding steroid dienone is 4. The summed E-state index contributed by atoms with van der Waals surface area (Å²) in [5.41, 5.74) is 16.1. The second-order valence-electron chi connectivity index (χ2n) is 13.5. The summed E-state index contributed by atoms with van der Waals surface area (Å²) in [5, 5.41) is 6.07. The van der Waals surface area contributed by atoms with Gasteiger partial charge in [0.15, 0.2) is 0 Å². The van der Waals surface area contributed by atoms with E-state index in [1.165, 1.54) is 77.0 Å². The first-order valence-corrected chi connectivity index (χ1v) is 17.2. The fraction of sp³-hybridized carbons (Fsp3) is 0.0208. The van der Waals surface area contributed by atoms with Crippen molar-refractivity contribution in [1.29, 1.82) is 0 Å². The van der Waals surface area contributed by atoms with Gasteiger partial charge in [-0.25, -0.2) is 4.98 Å². The highest BCUT2D eigenvalue weighted by molar-refractivity contribution is 6.23. The molecule has 232 valence electrons. The molecular weight excluding hydrogens is 605 g/mol. The number of para-hydroxylation sites is 2. The van der Waals surface area contributed by atoms with Crippen LogP contribution in [0.5, 0.6) is 0 Å². The number of imidazole rings is 1. The average Bonchev–Trinajstić information content (AvgIpc) is 3.81. The molecule has 9 aromatic rings. The van der Waals surface area contributed by atoms with Gasteiger partial charge in [0.05, 0.1) is 22.0 Å². The number of rotatable bonds is 3. The molecule has 11 rings (SSSR count). The van der Waals surface area contributed by atoms with Gasteiger partial charge in [-0.05, 0) is 96.1 Å². The summed E-state index contributed by atoms with van der Waals surface area (Å²) >= 11 is 0. The third-order valence-electron chi connectivity index (χ3n) is 11.3. The highest BCUT2D eigenvalue weighted by atomic mass is 15.0. The first-order valence-electron chi connectivity index (χ1n) is 17.2. The molecule has 2 heteroatoms. The summed E-state index contributed by atoms with van der Waals surface area (Å²) < 4.78 is 2.37. The molecule has 1 atom stereocenters. The fourth-order valence-electron chi connectivity index (χ4n) is 9.36. The number of pyridine rings is 1. The van der Waals surface area contributed by atoms with Crippen LogP contribution in [0.2, 0.25) is 0 Å². The van der Waals surface area contributed by atoms with E-state index >= 15 is 0 Å². The van der Waals surface area contributed by atoms with Crippen LogP contribution in [0, 0.1) is 0 Å². The highest BCUT2D eigenvalue weighted by Crippen LogP contribution is 2.62. The van der Waals surface area contributed by atoms with E-state index in [1.54, 1.807) is 0 Å². The van der Waals surface area contributed by atoms with Crippen LogP contribution in [0.3, 0.4) is 0 Å². The summed E-state index contributed by atoms with van der Waals surface area (Å²) in [4.78, 5) is 5.26. The zero-order chi connectivity index (χ0) is 33.1. The first-order chi connectivity index (χ1) is 24.7. The van der Waals surface area contributed by atoms with E-state index in [9.17, 15) is 0 Å². The molecule has 0 fully saturated rings. The molecule has 2 aliphatic rings. The summed E-state index contributed by atoms with van der Waals surface area (Å²) in [6.45, 7) is 8.65. The third-order valence-corrected chi connectivity index (χ3v) is 11.3. The zero-order valence-corrected chi connectivity index (χ0v) is 27.3. The molecule has 0 saturated carbocycles. The minimum absolute atomic E-state index is 0.467. The zero-order valence-electron chi connectivity index (χ0n) is 27.3. The molecule has 50 heavy (non-hydrogen) atoms. The molecular formula is C48H30N2. The van der Waals surface area contributed by atoms with Gasteiger partial charge in [0.2, 0.25) is 0 Å². The molecule has 1 spiro atoms. The number of hydrogen-bond donors (Lipinski definition) is 0. The minimum Gasteiger partial charge on any atom is -0.292 e. The Morgan fingerprint density at radius 2 is 1.20 bits per heavy atom. The van der Waals surface area contributed by atoms with Crippen LogP contribution in [0.15, 0.2) is 176 Å². The maximum absolute atomic E-state index is 5.26. The van der Waals surface area contributed by atoms with Gasteiger partial charge in [0.25, 0.3) is 0 Å². The van der Waals surface area contributed by atoms with Crippen molar-refractivity contribution >= 4 is 54.7 Å². The summed E-state index contributed by atoms with van der Waals surface area (Å²) in [6, 6.07) is 53.4. The Labute approximate surface area is 289 Å². The Kier molecular flexibility index (Phi) is 5.37. The largest absolute Gasteiger partial charge is 0.292 e. The van der Waals surface area contributed by atoms with Gasteiger partial charge in [-0.1, -0.05) is 147 Å². The van der Waals surface area contributed by atoms with E-state index in [-0.39, 0.29) is 0 Å². The summed E-state index contributed by atoms with van der Waals surface area (Å²) in [5.74, 6) is 0. The molecule has 0 saturated heterocycles. The summed E-state index contributed by atoms with van der Waals surface area (Å²) in [7, 11) is 0. The van der Waals surface area contributed by atoms with E-state index in [0.29, 0.717) is 0 Å². The van der Waals surface area contributed by atoms with Crippen molar-refractivity contribution in [3.63, 3.8) is 0 Å². The Morgan fingerprint density at radius 1 is 0.520 bits per heavy atom. The molecule has 0 bridgehead atoms. The maximum atomic E-state index is 5.26. The number of nitrogens with zero attached hydrogens (tertiary/aromatic N) is 2. The van der Waals surface area contributed by atoms with Crippen molar-refractivity contribution in [3.05, 3.63) is 199 Å². The molecule has 0 radical (unpaired) electrons. The van der Waals surface area contributed by atoms with E-state index < -0.39 is 5.41 Å². The van der Waals surface area contributed by atoms with Gasteiger partial charge in [0.1, 0.15) is 5.65 Å². The van der Waals surface area contributed by atoms with E-state index in [1.807, 2.05) is 6.08 Å². The van der Waals surface area contributed by atoms with Crippen molar-refractivity contribution in [1.82, 2.24) is 9.38 Å². The fourth-order valence-corrected chi connectivity index (χ4v) is 9.36. The van der Waals surface area contributed by atoms with Gasteiger partial charge in [-0.15, -0.1) is 0 Å². The standard InChI is InChI=1S/C48H30N2/c1-3-32-34-15-7-9-17-40(34)48(39(32)4-2)41-18-10-8-16-35(41)36-24-22-30(27-42(36)48)31-23-25-37-38-26-21-29-13-5-6-14-33(29)46(38)47-49-43-19-11-12-20-44(43)50(47)45(37)28-31/h3-28H,1-2H2. The van der Waals surface area contributed by atoms with Crippen molar-refractivity contribution in [3.8, 4) is 22.3 Å². The highest BCUT2D eigenvalue weighted by Gasteiger charge is 2.51. The third kappa shape index (κ3) is 3.26. The predicted molar refractivity (Wildman–Crippen MR) is 210 cm³/mol. The van der Waals surface area contributed by atoms with Gasteiger partial charge in [-0.3, -0.25) is 4.40 Å². The average molecular weight is 635 g/mol. The van der Waals surface area contributed by atoms with Crippen molar-refractivity contribution in [2.24, 2.45) is 0 Å². The van der Waals surface area contributed by atoms with Gasteiger partial charge in [0, 0.05) is 10.8 Å². The Hall–Kier alpha value is -6.51. The molecule has 0 N–H and O–H groups in total. The van der Waals surface area contributed by atoms with Crippen molar-refractivity contribution in [2.45, 2.75) is 5.41 Å². The van der Waals surface area contributed by atoms with E-state index in [4.69, 9.17) is 4.98 Å². The Bertz CT molecular complexity index is 3030. The van der Waals surface area contributed by atoms with Crippen LogP contribution in [0.4, 0.5) is 0 Å². The Balaban J connectivity index is 1.22. The van der Waals surface area contributed by atoms with E-state index in [0.717, 1.165) is 27.8 Å². The molecule has 1 unspecified atom stereocenters. The molecule has 2 nitrogen and oxygen atoms in total. The molecule has 2 heterocycles. The molecule has 0 aliphatic heterocycles. The van der Waals surface area contributed by atoms with Crippen LogP contribution in [-0.2, 0) is 5.41 Å². The predicted octanol–water partition coefficient (Wildman–Crippen LogP) is 12.1. The number of hydrogen-bond acceptors (Lipinski definition) is 1. The molecule has 2 aliphatic carbocycles. The second-order valence-corrected chi connectivity index (χ2v) is 13.5. The SMILES string of the molecule is C=CC1=C(C=C)C2(c3ccccc31)c1ccccc1-c1ccc(-c3ccc4c5ccc6ccccc6c5c5nc6ccccc6n5c4c3)cc12. The second kappa shape index (κ2) is 9.78. The maximum Gasteiger partial charge on any atom is 0.147 e. The topological polar surface area (TPSA) is 17.3 Å². The normalized spacial score (nSPS) is 16.2. The first kappa shape index (κ1) is 27.4. The van der Waals surface area contributed by atoms with Crippen molar-refractivity contribution < 1.29 is 0 Å². The minimum atomic E-state index is -0.467. The van der Waals surface area contributed by atoms with Gasteiger partial charge >= 0.3 is 0 Å². The van der Waals surface area contributed by atoms with Crippen LogP contribution in [0.1, 0.15) is 22.3 Å². The quantitative estimate of drug-likeness (QED) is 0.177. The smallest absolute Gasteiger partial charge is 0.147 e. The number of aromatic nitrogens is 2. The lowest BCUT2D eigenvalue weighted by Gasteiger charge is -2.31. The lowest BCUT2D eigenvalue weighted by molar-refractivity contribution is 0.787. The van der Waals surface area contributed by atoms with Crippen LogP contribution in [-0.4, -0.2) is 9.38 Å². The molecule has 2 aromatic heterocycles.